The summed E-state index contributed by atoms with van der Waals surface area (Å²) in [5.74, 6) is 0. The molecule has 0 saturated heterocycles. The molecule has 0 unspecified atom stereocenters. The Morgan fingerprint density at radius 1 is 1.33 bits per heavy atom. The maximum Gasteiger partial charge on any atom is 0.417 e. The van der Waals surface area contributed by atoms with Crippen LogP contribution in [0.15, 0.2) is 24.5 Å². The zero-order valence-corrected chi connectivity index (χ0v) is 12.0. The Kier molecular flexibility index (Phi) is 5.34. The van der Waals surface area contributed by atoms with E-state index in [-0.39, 0.29) is 6.54 Å². The molecule has 7 heteroatoms. The topological polar surface area (TPSA) is 51.2 Å². The van der Waals surface area contributed by atoms with Gasteiger partial charge in [0.25, 0.3) is 0 Å². The van der Waals surface area contributed by atoms with Crippen molar-refractivity contribution >= 4 is 12.2 Å². The first-order chi connectivity index (χ1) is 9.58. The number of alkyl carbamates (subject to hydrolysis) is 1. The first kappa shape index (κ1) is 17.0. The van der Waals surface area contributed by atoms with Crippen molar-refractivity contribution in [2.45, 2.75) is 32.5 Å². The van der Waals surface area contributed by atoms with Crippen molar-refractivity contribution in [2.75, 3.05) is 6.54 Å². The predicted octanol–water partition coefficient (Wildman–Crippen LogP) is 3.64. The van der Waals surface area contributed by atoms with Crippen LogP contribution in [-0.2, 0) is 10.9 Å². The van der Waals surface area contributed by atoms with Crippen LogP contribution in [0, 0.1) is 0 Å². The molecule has 1 aromatic heterocycles. The molecule has 0 aliphatic rings. The molecule has 116 valence electrons. The molecule has 1 amide bonds. The Labute approximate surface area is 121 Å². The van der Waals surface area contributed by atoms with Gasteiger partial charge in [-0.05, 0) is 32.4 Å². The van der Waals surface area contributed by atoms with Gasteiger partial charge < -0.3 is 10.1 Å². The number of nitrogens with zero attached hydrogens (tertiary/aromatic N) is 1. The number of nitrogens with one attached hydrogen (secondary N) is 1. The highest BCUT2D eigenvalue weighted by molar-refractivity contribution is 5.68. The Bertz CT molecular complexity index is 520. The number of carbonyl (C=O) groups excluding carboxylic acids is 1. The van der Waals surface area contributed by atoms with Crippen LogP contribution >= 0.6 is 0 Å². The highest BCUT2D eigenvalue weighted by Crippen LogP contribution is 2.29. The van der Waals surface area contributed by atoms with E-state index in [4.69, 9.17) is 4.74 Å². The fourth-order valence-corrected chi connectivity index (χ4v) is 1.36. The second kappa shape index (κ2) is 6.60. The second-order valence-electron chi connectivity index (χ2n) is 5.29. The van der Waals surface area contributed by atoms with Crippen LogP contribution in [0.1, 0.15) is 31.9 Å². The molecule has 1 heterocycles. The second-order valence-corrected chi connectivity index (χ2v) is 5.29. The number of hydrogen-bond donors (Lipinski definition) is 1. The molecular formula is C14H17F3N2O2. The van der Waals surface area contributed by atoms with Crippen molar-refractivity contribution in [3.8, 4) is 0 Å². The third kappa shape index (κ3) is 6.78. The summed E-state index contributed by atoms with van der Waals surface area (Å²) in [5, 5.41) is 2.46. The van der Waals surface area contributed by atoms with Crippen LogP contribution in [-0.4, -0.2) is 23.2 Å². The largest absolute Gasteiger partial charge is 0.444 e. The van der Waals surface area contributed by atoms with Gasteiger partial charge in [-0.3, -0.25) is 4.98 Å². The van der Waals surface area contributed by atoms with E-state index in [0.717, 1.165) is 12.3 Å². The van der Waals surface area contributed by atoms with Gasteiger partial charge in [0, 0.05) is 18.9 Å². The fourth-order valence-electron chi connectivity index (χ4n) is 1.36. The van der Waals surface area contributed by atoms with Gasteiger partial charge in [-0.15, -0.1) is 0 Å². The van der Waals surface area contributed by atoms with Crippen LogP contribution in [0.25, 0.3) is 6.08 Å². The lowest BCUT2D eigenvalue weighted by Gasteiger charge is -2.19. The monoisotopic (exact) mass is 302 g/mol. The first-order valence-corrected chi connectivity index (χ1v) is 6.23. The lowest BCUT2D eigenvalue weighted by atomic mass is 10.2. The van der Waals surface area contributed by atoms with E-state index >= 15 is 0 Å². The van der Waals surface area contributed by atoms with E-state index in [9.17, 15) is 18.0 Å². The minimum Gasteiger partial charge on any atom is -0.444 e. The Balaban J connectivity index is 2.53. The molecule has 1 rings (SSSR count). The number of pyridine rings is 1. The molecule has 0 fully saturated rings. The van der Waals surface area contributed by atoms with E-state index in [1.54, 1.807) is 20.8 Å². The summed E-state index contributed by atoms with van der Waals surface area (Å²) >= 11 is 0. The molecule has 0 radical (unpaired) electrons. The molecule has 0 spiro atoms. The van der Waals surface area contributed by atoms with Gasteiger partial charge in [-0.25, -0.2) is 4.79 Å². The average molecular weight is 302 g/mol. The Morgan fingerprint density at radius 3 is 2.57 bits per heavy atom. The Morgan fingerprint density at radius 2 is 2.00 bits per heavy atom. The molecule has 0 aliphatic carbocycles. The lowest BCUT2D eigenvalue weighted by molar-refractivity contribution is -0.137. The number of ether oxygens (including phenoxy) is 1. The smallest absolute Gasteiger partial charge is 0.417 e. The molecule has 1 aromatic rings. The normalized spacial score (nSPS) is 12.5. The summed E-state index contributed by atoms with van der Waals surface area (Å²) in [7, 11) is 0. The fraction of sp³-hybridized carbons (Fsp3) is 0.429. The van der Waals surface area contributed by atoms with Gasteiger partial charge in [0.15, 0.2) is 0 Å². The third-order valence-electron chi connectivity index (χ3n) is 2.16. The van der Waals surface area contributed by atoms with Gasteiger partial charge in [-0.2, -0.15) is 13.2 Å². The van der Waals surface area contributed by atoms with Crippen LogP contribution in [0.3, 0.4) is 0 Å². The van der Waals surface area contributed by atoms with Gasteiger partial charge >= 0.3 is 12.3 Å². The minimum atomic E-state index is -4.42. The summed E-state index contributed by atoms with van der Waals surface area (Å²) in [6.45, 7) is 5.34. The van der Waals surface area contributed by atoms with E-state index in [2.05, 4.69) is 10.3 Å². The van der Waals surface area contributed by atoms with Crippen molar-refractivity contribution in [1.29, 1.82) is 0 Å². The number of hydrogen-bond acceptors (Lipinski definition) is 3. The predicted molar refractivity (Wildman–Crippen MR) is 72.5 cm³/mol. The van der Waals surface area contributed by atoms with Crippen LogP contribution in [0.2, 0.25) is 0 Å². The van der Waals surface area contributed by atoms with Crippen LogP contribution in [0.5, 0.6) is 0 Å². The number of aromatic nitrogens is 1. The minimum absolute atomic E-state index is 0.144. The van der Waals surface area contributed by atoms with Crippen molar-refractivity contribution in [3.05, 3.63) is 35.7 Å². The number of halogens is 3. The number of rotatable bonds is 3. The summed E-state index contributed by atoms with van der Waals surface area (Å²) in [6.07, 6.45) is 0.0104. The van der Waals surface area contributed by atoms with Crippen LogP contribution in [0.4, 0.5) is 18.0 Å². The highest BCUT2D eigenvalue weighted by atomic mass is 19.4. The van der Waals surface area contributed by atoms with E-state index in [1.807, 2.05) is 0 Å². The molecule has 21 heavy (non-hydrogen) atoms. The van der Waals surface area contributed by atoms with Gasteiger partial charge in [0.1, 0.15) is 5.60 Å². The van der Waals surface area contributed by atoms with Crippen molar-refractivity contribution < 1.29 is 22.7 Å². The van der Waals surface area contributed by atoms with Crippen molar-refractivity contribution in [2.24, 2.45) is 0 Å². The molecule has 0 aliphatic heterocycles. The summed E-state index contributed by atoms with van der Waals surface area (Å²) in [5.41, 5.74) is -1.11. The van der Waals surface area contributed by atoms with Gasteiger partial charge in [0.2, 0.25) is 0 Å². The van der Waals surface area contributed by atoms with Gasteiger partial charge in [-0.1, -0.05) is 12.2 Å². The first-order valence-electron chi connectivity index (χ1n) is 6.23. The average Bonchev–Trinajstić information content (AvgIpc) is 2.32. The molecule has 0 atom stereocenters. The number of amides is 1. The zero-order valence-electron chi connectivity index (χ0n) is 12.0. The summed E-state index contributed by atoms with van der Waals surface area (Å²) in [4.78, 5) is 14.9. The van der Waals surface area contributed by atoms with Crippen molar-refractivity contribution in [3.63, 3.8) is 0 Å². The summed E-state index contributed by atoms with van der Waals surface area (Å²) < 4.78 is 42.5. The maximum atomic E-state index is 12.5. The quantitative estimate of drug-likeness (QED) is 0.927. The molecule has 4 nitrogen and oxygen atoms in total. The maximum absolute atomic E-state index is 12.5. The lowest BCUT2D eigenvalue weighted by Crippen LogP contribution is -2.32. The standard InChI is InChI=1S/C14H17F3N2O2/c1-13(2,3)21-12(20)19-6-4-5-10-7-11(9-18-8-10)14(15,16)17/h4-5,7-9H,6H2,1-3H3,(H,19,20). The van der Waals surface area contributed by atoms with E-state index in [1.165, 1.54) is 18.3 Å². The Hall–Kier alpha value is -2.05. The molecule has 0 saturated carbocycles. The summed E-state index contributed by atoms with van der Waals surface area (Å²) in [6, 6.07) is 0.983. The highest BCUT2D eigenvalue weighted by Gasteiger charge is 2.30. The molecule has 0 aromatic carbocycles. The van der Waals surface area contributed by atoms with Gasteiger partial charge in [0.05, 0.1) is 5.56 Å². The molecular weight excluding hydrogens is 285 g/mol. The molecule has 0 bridgehead atoms. The zero-order chi connectivity index (χ0) is 16.1. The third-order valence-corrected chi connectivity index (χ3v) is 2.16. The number of carbonyl (C=O) groups is 1. The van der Waals surface area contributed by atoms with E-state index in [0.29, 0.717) is 5.56 Å². The molecule has 1 N–H and O–H groups in total. The van der Waals surface area contributed by atoms with Crippen molar-refractivity contribution in [1.82, 2.24) is 10.3 Å². The SMILES string of the molecule is CC(C)(C)OC(=O)NCC=Cc1cncc(C(F)(F)F)c1. The number of alkyl halides is 3. The van der Waals surface area contributed by atoms with Crippen LogP contribution < -0.4 is 5.32 Å². The van der Waals surface area contributed by atoms with E-state index < -0.39 is 23.4 Å².